The van der Waals surface area contributed by atoms with Gasteiger partial charge in [0.15, 0.2) is 0 Å². The smallest absolute Gasteiger partial charge is 0.309 e. The Hall–Kier alpha value is -1.31. The highest BCUT2D eigenvalue weighted by molar-refractivity contribution is 5.73. The minimum Gasteiger partial charge on any atom is -0.466 e. The maximum Gasteiger partial charge on any atom is 0.309 e. The summed E-state index contributed by atoms with van der Waals surface area (Å²) in [6.45, 7) is 6.25. The van der Waals surface area contributed by atoms with Crippen LogP contribution in [0.2, 0.25) is 0 Å². The molecule has 0 saturated carbocycles. The summed E-state index contributed by atoms with van der Waals surface area (Å²) in [5, 5.41) is 0. The first-order valence-electron chi connectivity index (χ1n) is 5.38. The van der Waals surface area contributed by atoms with Crippen molar-refractivity contribution >= 4 is 5.97 Å². The lowest BCUT2D eigenvalue weighted by atomic mass is 9.89. The molecule has 0 aromatic heterocycles. The lowest BCUT2D eigenvalue weighted by Gasteiger charge is -2.18. The van der Waals surface area contributed by atoms with Crippen LogP contribution in [0.3, 0.4) is 0 Å². The topological polar surface area (TPSA) is 26.3 Å². The van der Waals surface area contributed by atoms with E-state index in [9.17, 15) is 4.79 Å². The first-order valence-corrected chi connectivity index (χ1v) is 5.38. The molecular formula is C13H18O2. The Morgan fingerprint density at radius 2 is 1.87 bits per heavy atom. The molecule has 0 saturated heterocycles. The Kier molecular flexibility index (Phi) is 4.35. The Balaban J connectivity index is 2.68. The van der Waals surface area contributed by atoms with Crippen molar-refractivity contribution in [2.24, 2.45) is 5.92 Å². The van der Waals surface area contributed by atoms with Crippen LogP contribution in [-0.2, 0) is 9.53 Å². The van der Waals surface area contributed by atoms with Crippen LogP contribution in [0.5, 0.6) is 0 Å². The number of benzene rings is 1. The Labute approximate surface area is 91.3 Å². The maximum absolute atomic E-state index is 11.5. The third kappa shape index (κ3) is 3.08. The molecule has 2 atom stereocenters. The number of carbonyl (C=O) groups is 1. The van der Waals surface area contributed by atoms with E-state index in [1.54, 1.807) is 0 Å². The van der Waals surface area contributed by atoms with E-state index in [4.69, 9.17) is 4.74 Å². The van der Waals surface area contributed by atoms with Gasteiger partial charge in [-0.1, -0.05) is 44.2 Å². The van der Waals surface area contributed by atoms with Crippen LogP contribution in [0.25, 0.3) is 0 Å². The van der Waals surface area contributed by atoms with Gasteiger partial charge in [-0.3, -0.25) is 4.79 Å². The average molecular weight is 206 g/mol. The van der Waals surface area contributed by atoms with E-state index in [2.05, 4.69) is 6.92 Å². The van der Waals surface area contributed by atoms with Gasteiger partial charge in [-0.25, -0.2) is 0 Å². The molecule has 2 heteroatoms. The molecule has 0 fully saturated rings. The SMILES string of the molecule is CCOC(=O)[C@H](C)[C@H](C)c1ccccc1. The Morgan fingerprint density at radius 3 is 2.40 bits per heavy atom. The molecule has 82 valence electrons. The molecule has 1 aromatic rings. The van der Waals surface area contributed by atoms with E-state index < -0.39 is 0 Å². The number of carbonyl (C=O) groups excluding carboxylic acids is 1. The molecule has 0 unspecified atom stereocenters. The van der Waals surface area contributed by atoms with Crippen LogP contribution >= 0.6 is 0 Å². The molecular weight excluding hydrogens is 188 g/mol. The van der Waals surface area contributed by atoms with Gasteiger partial charge in [0, 0.05) is 0 Å². The highest BCUT2D eigenvalue weighted by atomic mass is 16.5. The average Bonchev–Trinajstić information content (AvgIpc) is 2.28. The quantitative estimate of drug-likeness (QED) is 0.708. The Morgan fingerprint density at radius 1 is 1.27 bits per heavy atom. The maximum atomic E-state index is 11.5. The first-order chi connectivity index (χ1) is 7.16. The molecule has 0 amide bonds. The fraction of sp³-hybridized carbons (Fsp3) is 0.462. The zero-order chi connectivity index (χ0) is 11.3. The van der Waals surface area contributed by atoms with Gasteiger partial charge in [-0.15, -0.1) is 0 Å². The predicted molar refractivity (Wildman–Crippen MR) is 60.7 cm³/mol. The van der Waals surface area contributed by atoms with Crippen molar-refractivity contribution in [1.82, 2.24) is 0 Å². The number of hydrogen-bond acceptors (Lipinski definition) is 2. The molecule has 0 N–H and O–H groups in total. The lowest BCUT2D eigenvalue weighted by molar-refractivity contribution is -0.148. The van der Waals surface area contributed by atoms with Gasteiger partial charge in [-0.05, 0) is 18.4 Å². The largest absolute Gasteiger partial charge is 0.466 e. The van der Waals surface area contributed by atoms with E-state index in [-0.39, 0.29) is 17.8 Å². The van der Waals surface area contributed by atoms with Crippen molar-refractivity contribution in [3.05, 3.63) is 35.9 Å². The van der Waals surface area contributed by atoms with E-state index in [0.717, 1.165) is 0 Å². The van der Waals surface area contributed by atoms with Gasteiger partial charge < -0.3 is 4.74 Å². The summed E-state index contributed by atoms with van der Waals surface area (Å²) in [4.78, 5) is 11.5. The van der Waals surface area contributed by atoms with E-state index >= 15 is 0 Å². The summed E-state index contributed by atoms with van der Waals surface area (Å²) in [7, 11) is 0. The lowest BCUT2D eigenvalue weighted by Crippen LogP contribution is -2.20. The van der Waals surface area contributed by atoms with Gasteiger partial charge in [-0.2, -0.15) is 0 Å². The fourth-order valence-corrected chi connectivity index (χ4v) is 1.52. The van der Waals surface area contributed by atoms with Crippen LogP contribution in [0.1, 0.15) is 32.3 Å². The first kappa shape index (κ1) is 11.8. The van der Waals surface area contributed by atoms with Crippen molar-refractivity contribution in [2.45, 2.75) is 26.7 Å². The summed E-state index contributed by atoms with van der Waals surface area (Å²) in [5.74, 6) is -0.00791. The second kappa shape index (κ2) is 5.54. The van der Waals surface area contributed by atoms with Gasteiger partial charge in [0.1, 0.15) is 0 Å². The minimum absolute atomic E-state index is 0.0904. The standard InChI is InChI=1S/C13H18O2/c1-4-15-13(14)11(3)10(2)12-8-6-5-7-9-12/h5-11H,4H2,1-3H3/t10-,11+/m0/s1. The van der Waals surface area contributed by atoms with Crippen LogP contribution in [0.15, 0.2) is 30.3 Å². The number of rotatable bonds is 4. The van der Waals surface area contributed by atoms with Gasteiger partial charge in [0.25, 0.3) is 0 Å². The molecule has 0 radical (unpaired) electrons. The van der Waals surface area contributed by atoms with Crippen LogP contribution in [0.4, 0.5) is 0 Å². The second-order valence-electron chi connectivity index (χ2n) is 3.74. The molecule has 0 heterocycles. The molecule has 0 bridgehead atoms. The molecule has 0 aliphatic rings. The van der Waals surface area contributed by atoms with E-state index in [1.807, 2.05) is 44.2 Å². The third-order valence-electron chi connectivity index (χ3n) is 2.73. The third-order valence-corrected chi connectivity index (χ3v) is 2.73. The summed E-state index contributed by atoms with van der Waals surface area (Å²) in [5.41, 5.74) is 1.18. The van der Waals surface area contributed by atoms with Crippen LogP contribution < -0.4 is 0 Å². The van der Waals surface area contributed by atoms with Crippen molar-refractivity contribution in [3.8, 4) is 0 Å². The molecule has 2 nitrogen and oxygen atoms in total. The molecule has 0 aliphatic carbocycles. The molecule has 0 aliphatic heterocycles. The monoisotopic (exact) mass is 206 g/mol. The van der Waals surface area contributed by atoms with Gasteiger partial charge >= 0.3 is 5.97 Å². The molecule has 1 rings (SSSR count). The second-order valence-corrected chi connectivity index (χ2v) is 3.74. The van der Waals surface area contributed by atoms with Gasteiger partial charge in [0.2, 0.25) is 0 Å². The number of ether oxygens (including phenoxy) is 1. The van der Waals surface area contributed by atoms with Crippen LogP contribution in [0, 0.1) is 5.92 Å². The van der Waals surface area contributed by atoms with Crippen LogP contribution in [-0.4, -0.2) is 12.6 Å². The van der Waals surface area contributed by atoms with Gasteiger partial charge in [0.05, 0.1) is 12.5 Å². The highest BCUT2D eigenvalue weighted by Gasteiger charge is 2.22. The molecule has 1 aromatic carbocycles. The molecule has 0 spiro atoms. The zero-order valence-electron chi connectivity index (χ0n) is 9.57. The van der Waals surface area contributed by atoms with E-state index in [0.29, 0.717) is 6.61 Å². The summed E-state index contributed by atoms with van der Waals surface area (Å²) < 4.78 is 5.01. The van der Waals surface area contributed by atoms with Crippen molar-refractivity contribution in [2.75, 3.05) is 6.61 Å². The predicted octanol–water partition coefficient (Wildman–Crippen LogP) is 2.99. The minimum atomic E-state index is -0.117. The van der Waals surface area contributed by atoms with Crippen molar-refractivity contribution in [1.29, 1.82) is 0 Å². The normalized spacial score (nSPS) is 14.3. The summed E-state index contributed by atoms with van der Waals surface area (Å²) in [6.07, 6.45) is 0. The Bertz CT molecular complexity index is 306. The number of hydrogen-bond donors (Lipinski definition) is 0. The van der Waals surface area contributed by atoms with E-state index in [1.165, 1.54) is 5.56 Å². The fourth-order valence-electron chi connectivity index (χ4n) is 1.52. The van der Waals surface area contributed by atoms with Crippen molar-refractivity contribution in [3.63, 3.8) is 0 Å². The summed E-state index contributed by atoms with van der Waals surface area (Å²) in [6, 6.07) is 10.0. The van der Waals surface area contributed by atoms with Crippen molar-refractivity contribution < 1.29 is 9.53 Å². The number of esters is 1. The highest BCUT2D eigenvalue weighted by Crippen LogP contribution is 2.24. The zero-order valence-corrected chi connectivity index (χ0v) is 9.57. The molecule has 15 heavy (non-hydrogen) atoms. The summed E-state index contributed by atoms with van der Waals surface area (Å²) >= 11 is 0.